The second kappa shape index (κ2) is 9.05. The second-order valence-electron chi connectivity index (χ2n) is 14.1. The highest BCUT2D eigenvalue weighted by atomic mass is 14.4. The Hall–Kier alpha value is -4.94. The molecule has 7 aromatic rings. The smallest absolute Gasteiger partial charge is 0.0159 e. The van der Waals surface area contributed by atoms with Crippen molar-refractivity contribution in [2.75, 3.05) is 0 Å². The lowest BCUT2D eigenvalue weighted by Crippen LogP contribution is -2.14. The van der Waals surface area contributed by atoms with Gasteiger partial charge < -0.3 is 0 Å². The molecule has 0 nitrogen and oxygen atoms in total. The molecule has 0 radical (unpaired) electrons. The van der Waals surface area contributed by atoms with E-state index in [-0.39, 0.29) is 5.41 Å². The summed E-state index contributed by atoms with van der Waals surface area (Å²) in [7, 11) is 0. The summed E-state index contributed by atoms with van der Waals surface area (Å²) in [5, 5.41) is 5.36. The molecule has 0 saturated heterocycles. The van der Waals surface area contributed by atoms with Gasteiger partial charge in [0.15, 0.2) is 0 Å². The molecule has 0 N–H and O–H groups in total. The van der Waals surface area contributed by atoms with Crippen LogP contribution in [-0.2, 0) is 5.41 Å². The molecule has 0 bridgehead atoms. The Bertz CT molecular complexity index is 2390. The highest BCUT2D eigenvalue weighted by Gasteiger charge is 2.37. The molecule has 7 aromatic carbocycles. The van der Waals surface area contributed by atoms with Gasteiger partial charge in [-0.2, -0.15) is 0 Å². The van der Waals surface area contributed by atoms with Crippen molar-refractivity contribution in [1.29, 1.82) is 0 Å². The summed E-state index contributed by atoms with van der Waals surface area (Å²) in [5.41, 5.74) is 21.5. The molecule has 0 heterocycles. The zero-order valence-corrected chi connectivity index (χ0v) is 26.9. The van der Waals surface area contributed by atoms with Crippen LogP contribution in [-0.4, -0.2) is 0 Å². The maximum absolute atomic E-state index is 2.56. The monoisotopic (exact) mass is 576 g/mol. The summed E-state index contributed by atoms with van der Waals surface area (Å²) in [5.74, 6) is 0. The van der Waals surface area contributed by atoms with Crippen LogP contribution in [0.25, 0.3) is 77.2 Å². The van der Waals surface area contributed by atoms with E-state index in [0.717, 1.165) is 0 Å². The molecule has 0 aliphatic heterocycles. The van der Waals surface area contributed by atoms with Crippen LogP contribution in [0.5, 0.6) is 0 Å². The average Bonchev–Trinajstić information content (AvgIpc) is 3.44. The number of fused-ring (bicyclic) bond motifs is 7. The summed E-state index contributed by atoms with van der Waals surface area (Å²) in [6.07, 6.45) is 0. The van der Waals surface area contributed by atoms with E-state index in [2.05, 4.69) is 151 Å². The summed E-state index contributed by atoms with van der Waals surface area (Å²) in [6.45, 7) is 13.7. The van der Waals surface area contributed by atoms with Gasteiger partial charge in [0.05, 0.1) is 0 Å². The zero-order chi connectivity index (χ0) is 30.8. The van der Waals surface area contributed by atoms with Crippen LogP contribution in [0, 0.1) is 27.7 Å². The first-order chi connectivity index (χ1) is 21.7. The van der Waals surface area contributed by atoms with Crippen molar-refractivity contribution >= 4 is 21.5 Å². The van der Waals surface area contributed by atoms with Crippen molar-refractivity contribution in [2.45, 2.75) is 47.0 Å². The van der Waals surface area contributed by atoms with Gasteiger partial charge in [0, 0.05) is 5.41 Å². The van der Waals surface area contributed by atoms with Gasteiger partial charge in [0.25, 0.3) is 0 Å². The van der Waals surface area contributed by atoms with Gasteiger partial charge in [-0.05, 0) is 128 Å². The predicted molar refractivity (Wildman–Crippen MR) is 193 cm³/mol. The van der Waals surface area contributed by atoms with Crippen molar-refractivity contribution in [3.8, 4) is 55.6 Å². The minimum absolute atomic E-state index is 0.0814. The number of hydrogen-bond acceptors (Lipinski definition) is 0. The summed E-state index contributed by atoms with van der Waals surface area (Å²) >= 11 is 0. The van der Waals surface area contributed by atoms with Crippen molar-refractivity contribution in [3.05, 3.63) is 143 Å². The molecule has 2 aliphatic rings. The third-order valence-corrected chi connectivity index (χ3v) is 10.5. The summed E-state index contributed by atoms with van der Waals surface area (Å²) < 4.78 is 0. The standard InChI is InChI=1S/C45H36/c1-25-17-26(2)20-30(19-25)41-36-23-35-32-13-7-8-16-38(32)45(5,6)39(35)24-37(36)42(31-21-27(3)18-28(4)22-31)44-34-15-10-12-29-11-9-14-33(40(29)34)43(41)44/h7-24H,1-6H3. The molecule has 9 rings (SSSR count). The Balaban J connectivity index is 1.56. The van der Waals surface area contributed by atoms with Gasteiger partial charge in [-0.25, -0.2) is 0 Å². The predicted octanol–water partition coefficient (Wildman–Crippen LogP) is 12.5. The number of benzene rings is 7. The topological polar surface area (TPSA) is 0 Å². The molecule has 0 aromatic heterocycles. The van der Waals surface area contributed by atoms with E-state index in [1.807, 2.05) is 0 Å². The fourth-order valence-electron chi connectivity index (χ4n) is 8.81. The first-order valence-corrected chi connectivity index (χ1v) is 16.2. The lowest BCUT2D eigenvalue weighted by molar-refractivity contribution is 0.661. The molecular formula is C45H36. The van der Waals surface area contributed by atoms with Gasteiger partial charge in [-0.1, -0.05) is 133 Å². The van der Waals surface area contributed by atoms with Crippen molar-refractivity contribution in [1.82, 2.24) is 0 Å². The van der Waals surface area contributed by atoms with Crippen LogP contribution in [0.4, 0.5) is 0 Å². The van der Waals surface area contributed by atoms with E-state index >= 15 is 0 Å². The zero-order valence-electron chi connectivity index (χ0n) is 26.9. The van der Waals surface area contributed by atoms with Crippen LogP contribution in [0.1, 0.15) is 47.2 Å². The third kappa shape index (κ3) is 3.60. The Morgan fingerprint density at radius 2 is 0.889 bits per heavy atom. The van der Waals surface area contributed by atoms with E-state index in [1.165, 1.54) is 111 Å². The lowest BCUT2D eigenvalue weighted by Gasteiger charge is -2.25. The SMILES string of the molecule is Cc1cc(C)cc(-c2c3c(c(-c4cc(C)cc(C)c4)c4cc5c(cc24)-c2ccccc2C5(C)C)-c2cccc4cccc-3c24)c1. The maximum atomic E-state index is 2.56. The Morgan fingerprint density at radius 3 is 1.44 bits per heavy atom. The number of hydrogen-bond donors (Lipinski definition) is 0. The lowest BCUT2D eigenvalue weighted by atomic mass is 9.78. The molecule has 216 valence electrons. The highest BCUT2D eigenvalue weighted by molar-refractivity contribution is 6.28. The third-order valence-electron chi connectivity index (χ3n) is 10.5. The van der Waals surface area contributed by atoms with Gasteiger partial charge in [-0.3, -0.25) is 0 Å². The molecule has 0 fully saturated rings. The molecular weight excluding hydrogens is 540 g/mol. The van der Waals surface area contributed by atoms with E-state index in [1.54, 1.807) is 0 Å². The van der Waals surface area contributed by atoms with Crippen LogP contribution in [0.15, 0.2) is 109 Å². The van der Waals surface area contributed by atoms with E-state index in [0.29, 0.717) is 0 Å². The molecule has 2 aliphatic carbocycles. The van der Waals surface area contributed by atoms with Crippen LogP contribution >= 0.6 is 0 Å². The minimum Gasteiger partial charge on any atom is -0.0619 e. The Morgan fingerprint density at radius 1 is 0.400 bits per heavy atom. The Labute approximate surface area is 266 Å². The molecule has 0 saturated carbocycles. The van der Waals surface area contributed by atoms with Crippen LogP contribution in [0.3, 0.4) is 0 Å². The van der Waals surface area contributed by atoms with Gasteiger partial charge in [0.1, 0.15) is 0 Å². The summed E-state index contributed by atoms with van der Waals surface area (Å²) in [6, 6.07) is 42.0. The molecule has 0 heteroatoms. The molecule has 0 spiro atoms. The van der Waals surface area contributed by atoms with Crippen LogP contribution < -0.4 is 0 Å². The first-order valence-electron chi connectivity index (χ1n) is 16.2. The maximum Gasteiger partial charge on any atom is 0.0159 e. The highest BCUT2D eigenvalue weighted by Crippen LogP contribution is 2.60. The van der Waals surface area contributed by atoms with Gasteiger partial charge in [-0.15, -0.1) is 0 Å². The van der Waals surface area contributed by atoms with Crippen molar-refractivity contribution < 1.29 is 0 Å². The minimum atomic E-state index is -0.0814. The van der Waals surface area contributed by atoms with E-state index in [9.17, 15) is 0 Å². The second-order valence-corrected chi connectivity index (χ2v) is 14.1. The van der Waals surface area contributed by atoms with E-state index < -0.39 is 0 Å². The molecule has 0 atom stereocenters. The van der Waals surface area contributed by atoms with Crippen molar-refractivity contribution in [3.63, 3.8) is 0 Å². The summed E-state index contributed by atoms with van der Waals surface area (Å²) in [4.78, 5) is 0. The fraction of sp³-hybridized carbons (Fsp3) is 0.156. The Kier molecular flexibility index (Phi) is 5.32. The largest absolute Gasteiger partial charge is 0.0619 e. The number of rotatable bonds is 2. The van der Waals surface area contributed by atoms with Crippen molar-refractivity contribution in [2.24, 2.45) is 0 Å². The van der Waals surface area contributed by atoms with Gasteiger partial charge in [0.2, 0.25) is 0 Å². The van der Waals surface area contributed by atoms with Gasteiger partial charge >= 0.3 is 0 Å². The molecule has 0 amide bonds. The molecule has 45 heavy (non-hydrogen) atoms. The fourth-order valence-corrected chi connectivity index (χ4v) is 8.81. The first kappa shape index (κ1) is 26.5. The van der Waals surface area contributed by atoms with E-state index in [4.69, 9.17) is 0 Å². The number of aryl methyl sites for hydroxylation is 4. The normalized spacial score (nSPS) is 13.7. The van der Waals surface area contributed by atoms with Crippen LogP contribution in [0.2, 0.25) is 0 Å². The average molecular weight is 577 g/mol. The molecule has 0 unspecified atom stereocenters. The quantitative estimate of drug-likeness (QED) is 0.192.